The summed E-state index contributed by atoms with van der Waals surface area (Å²) in [6, 6.07) is 0. The SMILES string of the molecule is Cc1cn([C@H]2C[C@H](O)[C@@H](COP(=O)(O)OP(=O)(O)O[C@H]3O[C@@H](C)[C@@H](O)[C@@H](O)[C@H]3O)O2)c(=O)[nH]c1=O. The van der Waals surface area contributed by atoms with E-state index in [1.807, 2.05) is 0 Å². The van der Waals surface area contributed by atoms with E-state index in [4.69, 9.17) is 9.47 Å². The molecule has 35 heavy (non-hydrogen) atoms. The fourth-order valence-corrected chi connectivity index (χ4v) is 5.57. The average Bonchev–Trinajstić information content (AvgIpc) is 3.11. The quantitative estimate of drug-likeness (QED) is 0.167. The smallest absolute Gasteiger partial charge is 0.390 e. The number of nitrogens with one attached hydrogen (secondary N) is 1. The molecule has 3 heterocycles. The lowest BCUT2D eigenvalue weighted by Gasteiger charge is -2.38. The van der Waals surface area contributed by atoms with Crippen molar-refractivity contribution in [1.29, 1.82) is 0 Å². The van der Waals surface area contributed by atoms with E-state index in [0.29, 0.717) is 0 Å². The van der Waals surface area contributed by atoms with Crippen LogP contribution in [0.5, 0.6) is 0 Å². The second-order valence-electron chi connectivity index (χ2n) is 8.01. The number of aliphatic hydroxyl groups is 4. The first kappa shape index (κ1) is 28.3. The third-order valence-corrected chi connectivity index (χ3v) is 7.91. The first-order valence-electron chi connectivity index (χ1n) is 10.2. The van der Waals surface area contributed by atoms with Crippen molar-refractivity contribution in [3.05, 3.63) is 32.6 Å². The van der Waals surface area contributed by atoms with E-state index in [2.05, 4.69) is 18.3 Å². The van der Waals surface area contributed by atoms with Crippen LogP contribution in [0.3, 0.4) is 0 Å². The lowest BCUT2D eigenvalue weighted by molar-refractivity contribution is -0.271. The molecule has 3 rings (SSSR count). The van der Waals surface area contributed by atoms with Crippen molar-refractivity contribution >= 4 is 15.6 Å². The van der Waals surface area contributed by atoms with Crippen LogP contribution in [-0.2, 0) is 32.0 Å². The molecule has 0 saturated carbocycles. The monoisotopic (exact) mass is 548 g/mol. The maximum Gasteiger partial charge on any atom is 0.483 e. The van der Waals surface area contributed by atoms with Gasteiger partial charge in [-0.3, -0.25) is 23.4 Å². The van der Waals surface area contributed by atoms with Crippen LogP contribution >= 0.6 is 15.6 Å². The third kappa shape index (κ3) is 6.72. The van der Waals surface area contributed by atoms with Crippen molar-refractivity contribution in [2.75, 3.05) is 6.61 Å². The number of rotatable bonds is 8. The minimum Gasteiger partial charge on any atom is -0.390 e. The largest absolute Gasteiger partial charge is 0.483 e. The first-order valence-corrected chi connectivity index (χ1v) is 13.1. The molecule has 1 aromatic rings. The van der Waals surface area contributed by atoms with Crippen molar-refractivity contribution in [1.82, 2.24) is 9.55 Å². The Kier molecular flexibility index (Phi) is 8.56. The van der Waals surface area contributed by atoms with E-state index in [1.54, 1.807) is 0 Å². The molecule has 0 spiro atoms. The van der Waals surface area contributed by atoms with Gasteiger partial charge in [-0.05, 0) is 13.8 Å². The van der Waals surface area contributed by atoms with Gasteiger partial charge in [0.15, 0.2) is 6.29 Å². The molecule has 2 unspecified atom stereocenters. The number of hydrogen-bond donors (Lipinski definition) is 7. The number of aryl methyl sites for hydroxylation is 1. The van der Waals surface area contributed by atoms with Crippen LogP contribution in [0.15, 0.2) is 15.8 Å². The second kappa shape index (κ2) is 10.6. The van der Waals surface area contributed by atoms with Gasteiger partial charge >= 0.3 is 21.3 Å². The molecule has 2 fully saturated rings. The van der Waals surface area contributed by atoms with Crippen LogP contribution in [0.2, 0.25) is 0 Å². The fourth-order valence-electron chi connectivity index (χ4n) is 3.41. The summed E-state index contributed by atoms with van der Waals surface area (Å²) >= 11 is 0. The summed E-state index contributed by atoms with van der Waals surface area (Å²) in [6.45, 7) is 1.88. The Balaban J connectivity index is 1.59. The van der Waals surface area contributed by atoms with Crippen LogP contribution < -0.4 is 11.2 Å². The number of aromatic amines is 1. The molecule has 7 N–H and O–H groups in total. The molecule has 0 bridgehead atoms. The minimum absolute atomic E-state index is 0.152. The van der Waals surface area contributed by atoms with Crippen molar-refractivity contribution in [3.63, 3.8) is 0 Å². The molecule has 0 aromatic carbocycles. The zero-order valence-electron chi connectivity index (χ0n) is 18.3. The van der Waals surface area contributed by atoms with Crippen molar-refractivity contribution < 1.29 is 62.2 Å². The van der Waals surface area contributed by atoms with E-state index < -0.39 is 82.6 Å². The molecule has 10 atom stereocenters. The van der Waals surface area contributed by atoms with Gasteiger partial charge in [0.25, 0.3) is 5.56 Å². The highest BCUT2D eigenvalue weighted by atomic mass is 31.3. The molecule has 200 valence electrons. The summed E-state index contributed by atoms with van der Waals surface area (Å²) in [5.41, 5.74) is -1.23. The Morgan fingerprint density at radius 3 is 2.40 bits per heavy atom. The molecular weight excluding hydrogens is 522 g/mol. The van der Waals surface area contributed by atoms with E-state index in [1.165, 1.54) is 20.0 Å². The van der Waals surface area contributed by atoms with Crippen LogP contribution in [0.1, 0.15) is 25.1 Å². The Hall–Kier alpha value is -1.30. The topological polar surface area (TPSA) is 257 Å². The molecule has 17 nitrogen and oxygen atoms in total. The number of H-pyrrole nitrogens is 1. The average molecular weight is 548 g/mol. The number of aliphatic hydroxyl groups excluding tert-OH is 4. The molecule has 0 radical (unpaired) electrons. The van der Waals surface area contributed by atoms with Gasteiger partial charge in [0.1, 0.15) is 30.6 Å². The molecular formula is C16H26N2O15P2. The summed E-state index contributed by atoms with van der Waals surface area (Å²) in [4.78, 5) is 45.2. The summed E-state index contributed by atoms with van der Waals surface area (Å²) in [6.07, 6.45) is -11.0. The van der Waals surface area contributed by atoms with Gasteiger partial charge in [-0.1, -0.05) is 0 Å². The summed E-state index contributed by atoms with van der Waals surface area (Å²) in [5, 5.41) is 39.3. The first-order chi connectivity index (χ1) is 16.1. The summed E-state index contributed by atoms with van der Waals surface area (Å²) in [5.74, 6) is 0. The van der Waals surface area contributed by atoms with Crippen LogP contribution in [0.4, 0.5) is 0 Å². The van der Waals surface area contributed by atoms with Gasteiger partial charge in [-0.25, -0.2) is 13.9 Å². The van der Waals surface area contributed by atoms with Crippen LogP contribution in [-0.4, -0.2) is 89.3 Å². The third-order valence-electron chi connectivity index (χ3n) is 5.31. The van der Waals surface area contributed by atoms with E-state index >= 15 is 0 Å². The number of hydrogen-bond acceptors (Lipinski definition) is 13. The Bertz CT molecular complexity index is 1120. The highest BCUT2D eigenvalue weighted by molar-refractivity contribution is 7.61. The number of phosphoric acid groups is 2. The van der Waals surface area contributed by atoms with Crippen LogP contribution in [0, 0.1) is 6.92 Å². The van der Waals surface area contributed by atoms with Gasteiger partial charge in [0.05, 0.1) is 18.8 Å². The molecule has 2 aliphatic heterocycles. The number of aromatic nitrogens is 2. The second-order valence-corrected chi connectivity index (χ2v) is 11.0. The summed E-state index contributed by atoms with van der Waals surface area (Å²) < 4.78 is 49.0. The van der Waals surface area contributed by atoms with Crippen molar-refractivity contribution in [3.8, 4) is 0 Å². The minimum atomic E-state index is -5.44. The van der Waals surface area contributed by atoms with E-state index in [9.17, 15) is 48.9 Å². The van der Waals surface area contributed by atoms with E-state index in [0.717, 1.165) is 4.57 Å². The maximum atomic E-state index is 12.2. The molecule has 0 aliphatic carbocycles. The van der Waals surface area contributed by atoms with Gasteiger partial charge in [-0.2, -0.15) is 4.31 Å². The molecule has 19 heteroatoms. The Morgan fingerprint density at radius 2 is 1.74 bits per heavy atom. The van der Waals surface area contributed by atoms with E-state index in [-0.39, 0.29) is 12.0 Å². The van der Waals surface area contributed by atoms with Gasteiger partial charge < -0.3 is 39.7 Å². The zero-order chi connectivity index (χ0) is 26.3. The lowest BCUT2D eigenvalue weighted by Crippen LogP contribution is -2.57. The van der Waals surface area contributed by atoms with Gasteiger partial charge in [0.2, 0.25) is 0 Å². The number of phosphoric ester groups is 2. The molecule has 1 aromatic heterocycles. The Morgan fingerprint density at radius 1 is 1.09 bits per heavy atom. The lowest BCUT2D eigenvalue weighted by atomic mass is 10.0. The summed E-state index contributed by atoms with van der Waals surface area (Å²) in [7, 11) is -10.8. The number of nitrogens with zero attached hydrogens (tertiary/aromatic N) is 1. The zero-order valence-corrected chi connectivity index (χ0v) is 20.1. The van der Waals surface area contributed by atoms with Crippen molar-refractivity contribution in [2.24, 2.45) is 0 Å². The standard InChI is InChI=1S/C16H26N2O15P2/c1-6-4-18(16(24)17-14(6)23)10-3-8(19)9(31-10)5-29-34(25,26)33-35(27,28)32-15-13(22)12(21)11(20)7(2)30-15/h4,7-13,15,19-22H,3,5H2,1-2H3,(H,25,26)(H,27,28)(H,17,23,24)/t7-,8-,9+,10+,11+,12+,13+,15+/m0/s1. The van der Waals surface area contributed by atoms with Gasteiger partial charge in [0, 0.05) is 18.2 Å². The fraction of sp³-hybridized carbons (Fsp3) is 0.750. The predicted molar refractivity (Wildman–Crippen MR) is 111 cm³/mol. The molecule has 2 saturated heterocycles. The highest BCUT2D eigenvalue weighted by Crippen LogP contribution is 2.61. The van der Waals surface area contributed by atoms with Crippen LogP contribution in [0.25, 0.3) is 0 Å². The Labute approximate surface area is 196 Å². The normalized spacial score (nSPS) is 37.0. The molecule has 0 amide bonds. The highest BCUT2D eigenvalue weighted by Gasteiger charge is 2.47. The molecule has 2 aliphatic rings. The number of ether oxygens (including phenoxy) is 2. The van der Waals surface area contributed by atoms with Gasteiger partial charge in [-0.15, -0.1) is 0 Å². The van der Waals surface area contributed by atoms with Crippen molar-refractivity contribution in [2.45, 2.75) is 69.4 Å². The maximum absolute atomic E-state index is 12.2. The predicted octanol–water partition coefficient (Wildman–Crippen LogP) is -2.43.